The highest BCUT2D eigenvalue weighted by Gasteiger charge is 2.19. The van der Waals surface area contributed by atoms with Gasteiger partial charge in [0.1, 0.15) is 13.2 Å². The molecular weight excluding hydrogens is 901 g/mol. The van der Waals surface area contributed by atoms with Crippen LogP contribution in [-0.4, -0.2) is 37.2 Å². The Morgan fingerprint density at radius 1 is 0.274 bits per heavy atom. The van der Waals surface area contributed by atoms with E-state index in [0.717, 1.165) is 109 Å². The van der Waals surface area contributed by atoms with Crippen LogP contribution in [0.15, 0.2) is 97.2 Å². The lowest BCUT2D eigenvalue weighted by molar-refractivity contribution is -0.167. The van der Waals surface area contributed by atoms with E-state index in [-0.39, 0.29) is 37.5 Å². The average Bonchev–Trinajstić information content (AvgIpc) is 3.39. The lowest BCUT2D eigenvalue weighted by atomic mass is 10.1. The van der Waals surface area contributed by atoms with Gasteiger partial charge in [0.15, 0.2) is 6.10 Å². The molecule has 0 bridgehead atoms. The summed E-state index contributed by atoms with van der Waals surface area (Å²) in [5.41, 5.74) is 0. The van der Waals surface area contributed by atoms with Crippen molar-refractivity contribution in [3.05, 3.63) is 97.2 Å². The second-order valence-corrected chi connectivity index (χ2v) is 20.2. The molecule has 0 fully saturated rings. The van der Waals surface area contributed by atoms with Gasteiger partial charge >= 0.3 is 17.9 Å². The summed E-state index contributed by atoms with van der Waals surface area (Å²) in [6.07, 6.45) is 81.1. The Hall–Kier alpha value is -3.67. The van der Waals surface area contributed by atoms with Crippen LogP contribution in [0.4, 0.5) is 0 Å². The van der Waals surface area contributed by atoms with E-state index < -0.39 is 6.10 Å². The number of ether oxygens (including phenoxy) is 3. The van der Waals surface area contributed by atoms with Crippen LogP contribution >= 0.6 is 0 Å². The predicted octanol–water partition coefficient (Wildman–Crippen LogP) is 20.9. The summed E-state index contributed by atoms with van der Waals surface area (Å²) >= 11 is 0. The minimum absolute atomic E-state index is 0.0989. The first-order valence-electron chi connectivity index (χ1n) is 30.7. The number of carbonyl (C=O) groups is 3. The van der Waals surface area contributed by atoms with Gasteiger partial charge in [-0.25, -0.2) is 0 Å². The molecule has 0 N–H and O–H groups in total. The van der Waals surface area contributed by atoms with Crippen molar-refractivity contribution >= 4 is 17.9 Å². The molecule has 73 heavy (non-hydrogen) atoms. The third kappa shape index (κ3) is 59.1. The summed E-state index contributed by atoms with van der Waals surface area (Å²) in [7, 11) is 0. The van der Waals surface area contributed by atoms with E-state index in [9.17, 15) is 14.4 Å². The number of carbonyl (C=O) groups excluding carboxylic acids is 3. The zero-order valence-electron chi connectivity index (χ0n) is 47.9. The number of hydrogen-bond acceptors (Lipinski definition) is 6. The molecule has 0 aromatic rings. The van der Waals surface area contributed by atoms with E-state index in [1.165, 1.54) is 141 Å². The van der Waals surface area contributed by atoms with Crippen molar-refractivity contribution in [2.75, 3.05) is 13.2 Å². The van der Waals surface area contributed by atoms with Gasteiger partial charge < -0.3 is 14.2 Å². The van der Waals surface area contributed by atoms with E-state index in [1.54, 1.807) is 0 Å². The Bertz CT molecular complexity index is 1440. The molecule has 6 nitrogen and oxygen atoms in total. The maximum Gasteiger partial charge on any atom is 0.306 e. The lowest BCUT2D eigenvalue weighted by Crippen LogP contribution is -2.30. The van der Waals surface area contributed by atoms with Crippen LogP contribution in [0.25, 0.3) is 0 Å². The molecule has 0 rings (SSSR count). The maximum atomic E-state index is 12.9. The highest BCUT2D eigenvalue weighted by atomic mass is 16.6. The highest BCUT2D eigenvalue weighted by Crippen LogP contribution is 2.15. The quantitative estimate of drug-likeness (QED) is 0.0261. The molecule has 0 aliphatic carbocycles. The number of allylic oxidation sites excluding steroid dienone is 16. The average molecular weight is 1020 g/mol. The standard InChI is InChI=1S/C67H114O6/c1-4-7-10-13-16-19-22-25-28-31-33-36-39-42-45-48-51-54-57-60-66(69)72-63-64(62-71-65(68)59-56-53-50-47-44-41-38-35-30-27-24-21-18-15-12-9-6-3)73-67(70)61-58-55-52-49-46-43-40-37-34-32-29-26-23-20-17-14-11-8-5-2/h17-18,20-21,25-30,34,37-38,41,43,46,64H,4-16,19,22-24,31-33,35-36,39-40,42,44-45,47-63H2,1-3H3/b20-17-,21-18-,28-25-,29-26-,30-27-,37-34-,41-38-,46-43-/t64-/m1/s1. The highest BCUT2D eigenvalue weighted by molar-refractivity contribution is 5.71. The van der Waals surface area contributed by atoms with E-state index in [2.05, 4.69) is 118 Å². The molecule has 0 aromatic carbocycles. The molecule has 0 aliphatic heterocycles. The minimum atomic E-state index is -0.807. The predicted molar refractivity (Wildman–Crippen MR) is 316 cm³/mol. The zero-order chi connectivity index (χ0) is 52.9. The van der Waals surface area contributed by atoms with Crippen molar-refractivity contribution in [1.82, 2.24) is 0 Å². The molecule has 0 aromatic heterocycles. The van der Waals surface area contributed by atoms with Crippen LogP contribution < -0.4 is 0 Å². The first kappa shape index (κ1) is 69.3. The molecule has 0 saturated carbocycles. The number of esters is 3. The molecule has 0 spiro atoms. The first-order chi connectivity index (χ1) is 36.0. The van der Waals surface area contributed by atoms with Gasteiger partial charge in [-0.05, 0) is 128 Å². The van der Waals surface area contributed by atoms with Crippen LogP contribution in [0.5, 0.6) is 0 Å². The van der Waals surface area contributed by atoms with Gasteiger partial charge in [0.2, 0.25) is 0 Å². The third-order valence-corrected chi connectivity index (χ3v) is 13.0. The topological polar surface area (TPSA) is 78.9 Å². The molecule has 0 heterocycles. The number of rotatable bonds is 55. The lowest BCUT2D eigenvalue weighted by Gasteiger charge is -2.18. The number of hydrogen-bond donors (Lipinski definition) is 0. The SMILES string of the molecule is CCCCC/C=C\C/C=C\C/C=C\C/C=C\CCCCCC(=O)O[C@H](COC(=O)CCCCCC/C=C\C/C=C\C/C=C\CCCCC)COC(=O)CCCCCCCCCCC/C=C\CCCCCCCC. The Morgan fingerprint density at radius 3 is 0.822 bits per heavy atom. The van der Waals surface area contributed by atoms with Crippen LogP contribution in [-0.2, 0) is 28.6 Å². The fourth-order valence-electron chi connectivity index (χ4n) is 8.37. The van der Waals surface area contributed by atoms with Crippen molar-refractivity contribution in [1.29, 1.82) is 0 Å². The summed E-state index contributed by atoms with van der Waals surface area (Å²) < 4.78 is 16.9. The molecule has 6 heteroatoms. The van der Waals surface area contributed by atoms with Crippen molar-refractivity contribution in [3.63, 3.8) is 0 Å². The van der Waals surface area contributed by atoms with Crippen LogP contribution in [0.3, 0.4) is 0 Å². The Kier molecular flexibility index (Phi) is 57.8. The van der Waals surface area contributed by atoms with Crippen molar-refractivity contribution in [2.45, 2.75) is 297 Å². The smallest absolute Gasteiger partial charge is 0.306 e. The van der Waals surface area contributed by atoms with E-state index in [1.807, 2.05) is 0 Å². The van der Waals surface area contributed by atoms with Gasteiger partial charge in [-0.3, -0.25) is 14.4 Å². The summed E-state index contributed by atoms with van der Waals surface area (Å²) in [5.74, 6) is -0.948. The second kappa shape index (κ2) is 60.9. The van der Waals surface area contributed by atoms with E-state index >= 15 is 0 Å². The van der Waals surface area contributed by atoms with E-state index in [0.29, 0.717) is 12.8 Å². The van der Waals surface area contributed by atoms with Gasteiger partial charge in [-0.2, -0.15) is 0 Å². The monoisotopic (exact) mass is 1010 g/mol. The summed E-state index contributed by atoms with van der Waals surface area (Å²) in [6.45, 7) is 6.55. The number of unbranched alkanes of at least 4 members (excludes halogenated alkanes) is 28. The largest absolute Gasteiger partial charge is 0.462 e. The Morgan fingerprint density at radius 2 is 0.493 bits per heavy atom. The van der Waals surface area contributed by atoms with Crippen LogP contribution in [0, 0.1) is 0 Å². The van der Waals surface area contributed by atoms with Gasteiger partial charge in [0, 0.05) is 19.3 Å². The molecule has 0 radical (unpaired) electrons. The molecule has 0 saturated heterocycles. The summed E-state index contributed by atoms with van der Waals surface area (Å²) in [6, 6.07) is 0. The first-order valence-corrected chi connectivity index (χ1v) is 30.7. The van der Waals surface area contributed by atoms with Gasteiger partial charge in [0.25, 0.3) is 0 Å². The minimum Gasteiger partial charge on any atom is -0.462 e. The molecule has 418 valence electrons. The molecule has 0 unspecified atom stereocenters. The molecular formula is C67H114O6. The third-order valence-electron chi connectivity index (χ3n) is 13.0. The van der Waals surface area contributed by atoms with Crippen molar-refractivity contribution in [2.24, 2.45) is 0 Å². The van der Waals surface area contributed by atoms with E-state index in [4.69, 9.17) is 14.2 Å². The maximum absolute atomic E-state index is 12.9. The molecule has 1 atom stereocenters. The van der Waals surface area contributed by atoms with Crippen molar-refractivity contribution in [3.8, 4) is 0 Å². The Balaban J connectivity index is 4.48. The second-order valence-electron chi connectivity index (χ2n) is 20.2. The van der Waals surface area contributed by atoms with Gasteiger partial charge in [-0.15, -0.1) is 0 Å². The summed E-state index contributed by atoms with van der Waals surface area (Å²) in [4.78, 5) is 38.3. The van der Waals surface area contributed by atoms with Crippen LogP contribution in [0.2, 0.25) is 0 Å². The Labute approximate surface area is 451 Å². The summed E-state index contributed by atoms with van der Waals surface area (Å²) in [5, 5.41) is 0. The normalized spacial score (nSPS) is 12.8. The fraction of sp³-hybridized carbons (Fsp3) is 0.716. The van der Waals surface area contributed by atoms with Gasteiger partial charge in [-0.1, -0.05) is 240 Å². The van der Waals surface area contributed by atoms with Gasteiger partial charge in [0.05, 0.1) is 0 Å². The van der Waals surface area contributed by atoms with Crippen LogP contribution in [0.1, 0.15) is 290 Å². The molecule has 0 amide bonds. The molecule has 0 aliphatic rings. The fourth-order valence-corrected chi connectivity index (χ4v) is 8.37. The zero-order valence-corrected chi connectivity index (χ0v) is 47.9. The van der Waals surface area contributed by atoms with Crippen molar-refractivity contribution < 1.29 is 28.6 Å².